The average Bonchev–Trinajstić information content (AvgIpc) is 1.67. The summed E-state index contributed by atoms with van der Waals surface area (Å²) in [5, 5.41) is 9.47. The molecule has 0 heterocycles. The largest absolute Gasteiger partial charge is 0.385 e. The second kappa shape index (κ2) is 2.51. The van der Waals surface area contributed by atoms with Crippen LogP contribution in [0.25, 0.3) is 0 Å². The first-order chi connectivity index (χ1) is 3.50. The van der Waals surface area contributed by atoms with E-state index in [4.69, 9.17) is 16.7 Å². The maximum atomic E-state index is 9.17. The predicted octanol–water partition coefficient (Wildman–Crippen LogP) is 1.90. The molecule has 0 rings (SSSR count). The highest BCUT2D eigenvalue weighted by atomic mass is 35.5. The lowest BCUT2D eigenvalue weighted by molar-refractivity contribution is 0.103. The van der Waals surface area contributed by atoms with Gasteiger partial charge in [0.15, 0.2) is 0 Å². The van der Waals surface area contributed by atoms with Crippen LogP contribution in [-0.2, 0) is 0 Å². The summed E-state index contributed by atoms with van der Waals surface area (Å²) in [7, 11) is 0. The summed E-state index contributed by atoms with van der Waals surface area (Å²) in [6.07, 6.45) is 0.606. The second-order valence-electron chi connectivity index (χ2n) is 2.03. The van der Waals surface area contributed by atoms with E-state index in [0.717, 1.165) is 0 Å². The highest BCUT2D eigenvalue weighted by Gasteiger charge is 2.19. The third-order valence-electron chi connectivity index (χ3n) is 1.27. The lowest BCUT2D eigenvalue weighted by atomic mass is 10.0. The van der Waals surface area contributed by atoms with Crippen LogP contribution >= 0.6 is 11.6 Å². The monoisotopic (exact) mass is 134 g/mol. The van der Waals surface area contributed by atoms with Gasteiger partial charge in [0, 0.05) is 5.03 Å². The molecule has 0 amide bonds. The fraction of sp³-hybridized carbons (Fsp3) is 0.667. The Hall–Kier alpha value is -0.0100. The van der Waals surface area contributed by atoms with Crippen molar-refractivity contribution in [1.82, 2.24) is 0 Å². The summed E-state index contributed by atoms with van der Waals surface area (Å²) in [5.41, 5.74) is -0.887. The molecule has 0 aliphatic carbocycles. The van der Waals surface area contributed by atoms with Gasteiger partial charge in [-0.2, -0.15) is 0 Å². The molecule has 0 saturated heterocycles. The van der Waals surface area contributed by atoms with Crippen LogP contribution < -0.4 is 0 Å². The third-order valence-corrected chi connectivity index (χ3v) is 1.68. The first-order valence-corrected chi connectivity index (χ1v) is 2.95. The van der Waals surface area contributed by atoms with Crippen LogP contribution in [0.5, 0.6) is 0 Å². The summed E-state index contributed by atoms with van der Waals surface area (Å²) in [6.45, 7) is 6.91. The fourth-order valence-electron chi connectivity index (χ4n) is 0.192. The Kier molecular flexibility index (Phi) is 2.51. The van der Waals surface area contributed by atoms with Crippen LogP contribution in [0.1, 0.15) is 20.3 Å². The van der Waals surface area contributed by atoms with E-state index in [2.05, 4.69) is 6.58 Å². The van der Waals surface area contributed by atoms with Crippen molar-refractivity contribution in [2.75, 3.05) is 0 Å². The van der Waals surface area contributed by atoms with Crippen molar-refractivity contribution in [1.29, 1.82) is 0 Å². The lowest BCUT2D eigenvalue weighted by Crippen LogP contribution is -2.21. The molecular formula is C6H11ClO. The Labute approximate surface area is 55.0 Å². The zero-order valence-electron chi connectivity index (χ0n) is 5.24. The summed E-state index contributed by atoms with van der Waals surface area (Å²) >= 11 is 5.43. The van der Waals surface area contributed by atoms with E-state index in [-0.39, 0.29) is 0 Å². The van der Waals surface area contributed by atoms with Gasteiger partial charge in [-0.15, -0.1) is 0 Å². The molecule has 0 aromatic carbocycles. The molecule has 0 aromatic rings. The van der Waals surface area contributed by atoms with Gasteiger partial charge in [-0.1, -0.05) is 25.1 Å². The number of rotatable bonds is 2. The number of hydrogen-bond donors (Lipinski definition) is 1. The minimum Gasteiger partial charge on any atom is -0.385 e. The number of hydrogen-bond acceptors (Lipinski definition) is 1. The minimum absolute atomic E-state index is 0.306. The van der Waals surface area contributed by atoms with Gasteiger partial charge in [-0.3, -0.25) is 0 Å². The van der Waals surface area contributed by atoms with Crippen LogP contribution in [-0.4, -0.2) is 10.7 Å². The van der Waals surface area contributed by atoms with Crippen LogP contribution in [0.15, 0.2) is 11.6 Å². The molecule has 0 spiro atoms. The first kappa shape index (κ1) is 7.99. The van der Waals surface area contributed by atoms with Gasteiger partial charge in [-0.05, 0) is 13.3 Å². The van der Waals surface area contributed by atoms with Crippen LogP contribution in [0, 0.1) is 0 Å². The summed E-state index contributed by atoms with van der Waals surface area (Å²) in [6, 6.07) is 0. The quantitative estimate of drug-likeness (QED) is 0.612. The maximum absolute atomic E-state index is 9.17. The molecule has 2 heteroatoms. The van der Waals surface area contributed by atoms with Crippen molar-refractivity contribution in [2.24, 2.45) is 0 Å². The smallest absolute Gasteiger partial charge is 0.0964 e. The highest BCUT2D eigenvalue weighted by Crippen LogP contribution is 2.20. The van der Waals surface area contributed by atoms with Gasteiger partial charge in [0.1, 0.15) is 0 Å². The maximum Gasteiger partial charge on any atom is 0.0964 e. The third kappa shape index (κ3) is 1.85. The SMILES string of the molecule is C=C(Cl)C(C)(O)CC. The molecule has 0 radical (unpaired) electrons. The van der Waals surface area contributed by atoms with Crippen molar-refractivity contribution in [2.45, 2.75) is 25.9 Å². The van der Waals surface area contributed by atoms with E-state index in [1.165, 1.54) is 0 Å². The number of aliphatic hydroxyl groups is 1. The normalized spacial score (nSPS) is 17.5. The zero-order chi connectivity index (χ0) is 6.78. The minimum atomic E-state index is -0.887. The van der Waals surface area contributed by atoms with Gasteiger partial charge in [-0.25, -0.2) is 0 Å². The van der Waals surface area contributed by atoms with Gasteiger partial charge in [0.05, 0.1) is 5.60 Å². The number of halogens is 1. The van der Waals surface area contributed by atoms with E-state index < -0.39 is 5.60 Å². The van der Waals surface area contributed by atoms with E-state index in [1.54, 1.807) is 6.92 Å². The molecular weight excluding hydrogens is 124 g/mol. The fourth-order valence-corrected chi connectivity index (χ4v) is 0.325. The standard InChI is InChI=1S/C6H11ClO/c1-4-6(3,8)5(2)7/h8H,2,4H2,1,3H3. The Morgan fingerprint density at radius 3 is 2.25 bits per heavy atom. The van der Waals surface area contributed by atoms with Crippen molar-refractivity contribution < 1.29 is 5.11 Å². The topological polar surface area (TPSA) is 20.2 Å². The van der Waals surface area contributed by atoms with Gasteiger partial charge in [0.2, 0.25) is 0 Å². The molecule has 8 heavy (non-hydrogen) atoms. The molecule has 1 atom stereocenters. The van der Waals surface area contributed by atoms with E-state index >= 15 is 0 Å². The van der Waals surface area contributed by atoms with Crippen molar-refractivity contribution in [3.63, 3.8) is 0 Å². The lowest BCUT2D eigenvalue weighted by Gasteiger charge is -2.18. The van der Waals surface area contributed by atoms with E-state index in [0.29, 0.717) is 11.5 Å². The molecule has 1 nitrogen and oxygen atoms in total. The molecule has 1 unspecified atom stereocenters. The highest BCUT2D eigenvalue weighted by molar-refractivity contribution is 6.30. The van der Waals surface area contributed by atoms with Gasteiger partial charge in [0.25, 0.3) is 0 Å². The summed E-state index contributed by atoms with van der Waals surface area (Å²) in [4.78, 5) is 0. The molecule has 48 valence electrons. The van der Waals surface area contributed by atoms with Crippen LogP contribution in [0.3, 0.4) is 0 Å². The Morgan fingerprint density at radius 2 is 2.25 bits per heavy atom. The molecule has 0 aliphatic heterocycles. The first-order valence-electron chi connectivity index (χ1n) is 2.58. The van der Waals surface area contributed by atoms with E-state index in [1.807, 2.05) is 6.92 Å². The molecule has 1 N–H and O–H groups in total. The summed E-state index contributed by atoms with van der Waals surface area (Å²) < 4.78 is 0. The molecule has 0 fully saturated rings. The average molecular weight is 135 g/mol. The predicted molar refractivity (Wildman–Crippen MR) is 35.9 cm³/mol. The van der Waals surface area contributed by atoms with Gasteiger partial charge >= 0.3 is 0 Å². The van der Waals surface area contributed by atoms with Crippen molar-refractivity contribution >= 4 is 11.6 Å². The molecule has 0 saturated carbocycles. The van der Waals surface area contributed by atoms with Crippen molar-refractivity contribution in [3.05, 3.63) is 11.6 Å². The molecule has 0 aromatic heterocycles. The van der Waals surface area contributed by atoms with Crippen molar-refractivity contribution in [3.8, 4) is 0 Å². The van der Waals surface area contributed by atoms with Gasteiger partial charge < -0.3 is 5.11 Å². The van der Waals surface area contributed by atoms with E-state index in [9.17, 15) is 0 Å². The van der Waals surface area contributed by atoms with Crippen LogP contribution in [0.2, 0.25) is 0 Å². The zero-order valence-corrected chi connectivity index (χ0v) is 6.00. The molecule has 0 aliphatic rings. The molecule has 0 bridgehead atoms. The summed E-state index contributed by atoms with van der Waals surface area (Å²) in [5.74, 6) is 0. The Morgan fingerprint density at radius 1 is 1.88 bits per heavy atom. The Bertz CT molecular complexity index is 96.7. The Balaban J connectivity index is 3.91. The van der Waals surface area contributed by atoms with Crippen LogP contribution in [0.4, 0.5) is 0 Å². The second-order valence-corrected chi connectivity index (χ2v) is 2.49.